The molecule has 19 heavy (non-hydrogen) atoms. The number of aliphatic carboxylic acids is 1. The molecular formula is C14H26N2O3. The van der Waals surface area contributed by atoms with Crippen molar-refractivity contribution in [1.82, 2.24) is 10.2 Å². The summed E-state index contributed by atoms with van der Waals surface area (Å²) < 4.78 is 0. The zero-order valence-corrected chi connectivity index (χ0v) is 12.3. The Morgan fingerprint density at radius 2 is 1.84 bits per heavy atom. The van der Waals surface area contributed by atoms with Crippen LogP contribution in [0.4, 0.5) is 0 Å². The number of nitrogens with one attached hydrogen (secondary N) is 1. The maximum atomic E-state index is 12.2. The summed E-state index contributed by atoms with van der Waals surface area (Å²) >= 11 is 0. The molecule has 5 nitrogen and oxygen atoms in total. The van der Waals surface area contributed by atoms with Gasteiger partial charge < -0.3 is 10.4 Å². The van der Waals surface area contributed by atoms with Gasteiger partial charge >= 0.3 is 5.97 Å². The van der Waals surface area contributed by atoms with Crippen LogP contribution >= 0.6 is 0 Å². The molecule has 1 saturated heterocycles. The lowest BCUT2D eigenvalue weighted by molar-refractivity contribution is -0.143. The van der Waals surface area contributed by atoms with Crippen LogP contribution in [-0.4, -0.2) is 46.1 Å². The number of carbonyl (C=O) groups excluding carboxylic acids is 1. The normalized spacial score (nSPS) is 26.9. The minimum Gasteiger partial charge on any atom is -0.480 e. The van der Waals surface area contributed by atoms with Crippen molar-refractivity contribution in [3.8, 4) is 0 Å². The molecule has 4 atom stereocenters. The molecule has 1 heterocycles. The lowest BCUT2D eigenvalue weighted by atomic mass is 10.1. The summed E-state index contributed by atoms with van der Waals surface area (Å²) in [5, 5.41) is 11.7. The van der Waals surface area contributed by atoms with E-state index in [4.69, 9.17) is 5.11 Å². The molecule has 0 aromatic carbocycles. The number of carboxylic acids is 1. The van der Waals surface area contributed by atoms with Crippen molar-refractivity contribution in [2.75, 3.05) is 0 Å². The van der Waals surface area contributed by atoms with Crippen molar-refractivity contribution in [3.05, 3.63) is 0 Å². The van der Waals surface area contributed by atoms with Crippen LogP contribution in [0.15, 0.2) is 0 Å². The molecule has 0 spiro atoms. The lowest BCUT2D eigenvalue weighted by Gasteiger charge is -2.32. The molecule has 1 amide bonds. The van der Waals surface area contributed by atoms with Gasteiger partial charge in [-0.1, -0.05) is 13.3 Å². The van der Waals surface area contributed by atoms with E-state index in [1.54, 1.807) is 0 Å². The second kappa shape index (κ2) is 6.89. The van der Waals surface area contributed by atoms with Crippen LogP contribution in [0.5, 0.6) is 0 Å². The Hall–Kier alpha value is -1.10. The minimum atomic E-state index is -0.954. The van der Waals surface area contributed by atoms with Gasteiger partial charge in [-0.25, -0.2) is 4.79 Å². The Bertz CT molecular complexity index is 323. The van der Waals surface area contributed by atoms with Gasteiger partial charge in [0.1, 0.15) is 6.04 Å². The average Bonchev–Trinajstić information content (AvgIpc) is 2.67. The van der Waals surface area contributed by atoms with Gasteiger partial charge in [0, 0.05) is 12.1 Å². The number of carbonyl (C=O) groups is 2. The van der Waals surface area contributed by atoms with Gasteiger partial charge in [0.15, 0.2) is 0 Å². The number of likely N-dealkylation sites (tertiary alicyclic amines) is 1. The maximum Gasteiger partial charge on any atom is 0.326 e. The predicted octanol–water partition coefficient (Wildman–Crippen LogP) is 1.62. The van der Waals surface area contributed by atoms with E-state index < -0.39 is 12.0 Å². The number of rotatable bonds is 6. The molecule has 1 aliphatic rings. The van der Waals surface area contributed by atoms with E-state index in [2.05, 4.69) is 24.1 Å². The second-order valence-electron chi connectivity index (χ2n) is 5.59. The highest BCUT2D eigenvalue weighted by molar-refractivity contribution is 5.86. The van der Waals surface area contributed by atoms with Crippen LogP contribution in [0.25, 0.3) is 0 Å². The zero-order chi connectivity index (χ0) is 14.6. The van der Waals surface area contributed by atoms with E-state index in [1.165, 1.54) is 0 Å². The second-order valence-corrected chi connectivity index (χ2v) is 5.59. The van der Waals surface area contributed by atoms with Crippen molar-refractivity contribution >= 4 is 11.9 Å². The van der Waals surface area contributed by atoms with Crippen LogP contribution in [0.3, 0.4) is 0 Å². The third-order valence-corrected chi connectivity index (χ3v) is 4.04. The van der Waals surface area contributed by atoms with Gasteiger partial charge in [-0.05, 0) is 40.0 Å². The molecule has 110 valence electrons. The standard InChI is InChI=1S/C14H26N2O3/c1-5-6-12(14(18)19)15-13(17)11(4)16-9(2)7-8-10(16)3/h9-12H,5-8H2,1-4H3,(H,15,17)(H,18,19)/t9?,10?,11?,12-/m0/s1. The van der Waals surface area contributed by atoms with Gasteiger partial charge in [-0.3, -0.25) is 9.69 Å². The molecule has 3 unspecified atom stereocenters. The molecule has 1 rings (SSSR count). The van der Waals surface area contributed by atoms with Crippen molar-refractivity contribution in [2.24, 2.45) is 0 Å². The first-order chi connectivity index (χ1) is 8.88. The van der Waals surface area contributed by atoms with Gasteiger partial charge in [0.2, 0.25) is 5.91 Å². The smallest absolute Gasteiger partial charge is 0.326 e. The highest BCUT2D eigenvalue weighted by Crippen LogP contribution is 2.25. The van der Waals surface area contributed by atoms with Crippen molar-refractivity contribution in [3.63, 3.8) is 0 Å². The number of nitrogens with zero attached hydrogens (tertiary/aromatic N) is 1. The first-order valence-corrected chi connectivity index (χ1v) is 7.19. The number of carboxylic acid groups (broad SMARTS) is 1. The van der Waals surface area contributed by atoms with Gasteiger partial charge in [0.05, 0.1) is 6.04 Å². The first kappa shape index (κ1) is 16.0. The summed E-state index contributed by atoms with van der Waals surface area (Å²) in [6.07, 6.45) is 3.40. The molecule has 0 bridgehead atoms. The van der Waals surface area contributed by atoms with Crippen LogP contribution < -0.4 is 5.32 Å². The molecule has 0 radical (unpaired) electrons. The fraction of sp³-hybridized carbons (Fsp3) is 0.857. The number of hydrogen-bond acceptors (Lipinski definition) is 3. The fourth-order valence-corrected chi connectivity index (χ4v) is 2.95. The highest BCUT2D eigenvalue weighted by Gasteiger charge is 2.35. The number of hydrogen-bond donors (Lipinski definition) is 2. The Morgan fingerprint density at radius 3 is 2.26 bits per heavy atom. The summed E-state index contributed by atoms with van der Waals surface area (Å²) in [5.74, 6) is -1.13. The Balaban J connectivity index is 2.63. The summed E-state index contributed by atoms with van der Waals surface area (Å²) in [6, 6.07) is -0.283. The molecule has 1 fully saturated rings. The maximum absolute atomic E-state index is 12.2. The molecule has 0 aromatic rings. The Morgan fingerprint density at radius 1 is 1.32 bits per heavy atom. The van der Waals surface area contributed by atoms with E-state index in [0.717, 1.165) is 19.3 Å². The molecule has 0 aromatic heterocycles. The largest absolute Gasteiger partial charge is 0.480 e. The highest BCUT2D eigenvalue weighted by atomic mass is 16.4. The Labute approximate surface area is 115 Å². The first-order valence-electron chi connectivity index (χ1n) is 7.19. The SMILES string of the molecule is CCC[C@H](NC(=O)C(C)N1C(C)CCC1C)C(=O)O. The molecule has 2 N–H and O–H groups in total. The van der Waals surface area contributed by atoms with Crippen LogP contribution in [0.2, 0.25) is 0 Å². The summed E-state index contributed by atoms with van der Waals surface area (Å²) in [7, 11) is 0. The topological polar surface area (TPSA) is 69.6 Å². The zero-order valence-electron chi connectivity index (χ0n) is 12.3. The van der Waals surface area contributed by atoms with E-state index in [9.17, 15) is 9.59 Å². The monoisotopic (exact) mass is 270 g/mol. The van der Waals surface area contributed by atoms with Crippen molar-refractivity contribution in [1.29, 1.82) is 0 Å². The Kier molecular flexibility index (Phi) is 5.79. The van der Waals surface area contributed by atoms with Crippen LogP contribution in [0, 0.1) is 0 Å². The van der Waals surface area contributed by atoms with Gasteiger partial charge in [-0.2, -0.15) is 0 Å². The lowest BCUT2D eigenvalue weighted by Crippen LogP contribution is -2.52. The quantitative estimate of drug-likeness (QED) is 0.769. The molecule has 5 heteroatoms. The van der Waals surface area contributed by atoms with E-state index in [1.807, 2.05) is 13.8 Å². The van der Waals surface area contributed by atoms with Crippen LogP contribution in [-0.2, 0) is 9.59 Å². The molecule has 1 aliphatic heterocycles. The van der Waals surface area contributed by atoms with Gasteiger partial charge in [-0.15, -0.1) is 0 Å². The number of amides is 1. The van der Waals surface area contributed by atoms with E-state index in [0.29, 0.717) is 18.5 Å². The molecular weight excluding hydrogens is 244 g/mol. The average molecular weight is 270 g/mol. The van der Waals surface area contributed by atoms with E-state index in [-0.39, 0.29) is 11.9 Å². The molecule has 0 aliphatic carbocycles. The van der Waals surface area contributed by atoms with Gasteiger partial charge in [0.25, 0.3) is 0 Å². The van der Waals surface area contributed by atoms with Crippen molar-refractivity contribution < 1.29 is 14.7 Å². The third kappa shape index (κ3) is 3.93. The minimum absolute atomic E-state index is 0.179. The van der Waals surface area contributed by atoms with E-state index >= 15 is 0 Å². The summed E-state index contributed by atoms with van der Waals surface area (Å²) in [4.78, 5) is 25.4. The fourth-order valence-electron chi connectivity index (χ4n) is 2.95. The third-order valence-electron chi connectivity index (χ3n) is 4.04. The summed E-state index contributed by atoms with van der Waals surface area (Å²) in [5.41, 5.74) is 0. The predicted molar refractivity (Wildman–Crippen MR) is 73.9 cm³/mol. The van der Waals surface area contributed by atoms with Crippen molar-refractivity contribution in [2.45, 2.75) is 77.5 Å². The van der Waals surface area contributed by atoms with Crippen LogP contribution in [0.1, 0.15) is 53.4 Å². The molecule has 0 saturated carbocycles. The summed E-state index contributed by atoms with van der Waals surface area (Å²) in [6.45, 7) is 8.01.